The molecular weight excluding hydrogens is 216 g/mol. The number of hydrogen-bond acceptors (Lipinski definition) is 3. The third-order valence-corrected chi connectivity index (χ3v) is 2.64. The van der Waals surface area contributed by atoms with Gasteiger partial charge < -0.3 is 9.47 Å². The highest BCUT2D eigenvalue weighted by molar-refractivity contribution is 6.34. The van der Waals surface area contributed by atoms with E-state index < -0.39 is 0 Å². The van der Waals surface area contributed by atoms with Crippen LogP contribution in [0.25, 0.3) is 0 Å². The second-order valence-corrected chi connectivity index (χ2v) is 3.81. The number of hydrogen-bond donors (Lipinski definition) is 0. The number of rotatable bonds is 2. The van der Waals surface area contributed by atoms with Crippen molar-refractivity contribution in [2.45, 2.75) is 0 Å². The summed E-state index contributed by atoms with van der Waals surface area (Å²) in [5, 5.41) is 0.480. The Morgan fingerprint density at radius 3 is 2.60 bits per heavy atom. The van der Waals surface area contributed by atoms with Gasteiger partial charge in [0.1, 0.15) is 6.79 Å². The maximum atomic E-state index is 12.0. The summed E-state index contributed by atoms with van der Waals surface area (Å²) >= 11 is 5.94. The summed E-state index contributed by atoms with van der Waals surface area (Å²) in [5.74, 6) is -0.251. The molecule has 1 aliphatic heterocycles. The number of halogens is 1. The zero-order chi connectivity index (χ0) is 10.7. The molecule has 4 heteroatoms. The molecule has 0 spiro atoms. The predicted molar refractivity (Wildman–Crippen MR) is 56.0 cm³/mol. The molecule has 0 aliphatic carbocycles. The van der Waals surface area contributed by atoms with Crippen LogP contribution in [0.15, 0.2) is 24.3 Å². The smallest absolute Gasteiger partial charge is 0.172 e. The highest BCUT2D eigenvalue weighted by Crippen LogP contribution is 2.20. The molecule has 1 aromatic rings. The maximum Gasteiger partial charge on any atom is 0.172 e. The topological polar surface area (TPSA) is 35.5 Å². The molecule has 1 heterocycles. The molecule has 80 valence electrons. The zero-order valence-corrected chi connectivity index (χ0v) is 8.87. The summed E-state index contributed by atoms with van der Waals surface area (Å²) in [6.07, 6.45) is 0. The lowest BCUT2D eigenvalue weighted by molar-refractivity contribution is -0.116. The van der Waals surface area contributed by atoms with E-state index in [9.17, 15) is 4.79 Å². The Bertz CT molecular complexity index is 359. The molecule has 1 aliphatic rings. The van der Waals surface area contributed by atoms with E-state index in [-0.39, 0.29) is 18.5 Å². The summed E-state index contributed by atoms with van der Waals surface area (Å²) in [4.78, 5) is 12.0. The minimum atomic E-state index is -0.237. The van der Waals surface area contributed by atoms with Crippen molar-refractivity contribution in [3.8, 4) is 0 Å². The van der Waals surface area contributed by atoms with Crippen LogP contribution in [0.3, 0.4) is 0 Å². The zero-order valence-electron chi connectivity index (χ0n) is 8.11. The monoisotopic (exact) mass is 226 g/mol. The Morgan fingerprint density at radius 1 is 1.27 bits per heavy atom. The normalized spacial score (nSPS) is 17.7. The van der Waals surface area contributed by atoms with Crippen molar-refractivity contribution in [2.24, 2.45) is 5.92 Å². The summed E-state index contributed by atoms with van der Waals surface area (Å²) in [7, 11) is 0. The summed E-state index contributed by atoms with van der Waals surface area (Å²) in [5.41, 5.74) is 0.540. The third-order valence-electron chi connectivity index (χ3n) is 2.31. The first kappa shape index (κ1) is 10.6. The fourth-order valence-corrected chi connectivity index (χ4v) is 1.75. The lowest BCUT2D eigenvalue weighted by Crippen LogP contribution is -2.30. The van der Waals surface area contributed by atoms with Crippen molar-refractivity contribution in [1.82, 2.24) is 0 Å². The van der Waals surface area contributed by atoms with Crippen LogP contribution in [0.4, 0.5) is 0 Å². The second kappa shape index (κ2) is 4.75. The van der Waals surface area contributed by atoms with Gasteiger partial charge in [0.2, 0.25) is 0 Å². The first-order valence-corrected chi connectivity index (χ1v) is 5.11. The van der Waals surface area contributed by atoms with Gasteiger partial charge in [-0.25, -0.2) is 0 Å². The van der Waals surface area contributed by atoms with E-state index in [1.165, 1.54) is 0 Å². The first-order valence-electron chi connectivity index (χ1n) is 4.73. The van der Waals surface area contributed by atoms with Crippen LogP contribution in [-0.2, 0) is 9.47 Å². The standard InChI is InChI=1S/C11H11ClO3/c12-10-4-2-1-3-9(10)11(13)8-5-14-7-15-6-8/h1-4,8H,5-7H2. The molecule has 0 N–H and O–H groups in total. The molecule has 0 unspecified atom stereocenters. The van der Waals surface area contributed by atoms with Crippen molar-refractivity contribution in [2.75, 3.05) is 20.0 Å². The molecule has 1 aromatic carbocycles. The third kappa shape index (κ3) is 2.37. The fraction of sp³-hybridized carbons (Fsp3) is 0.364. The van der Waals surface area contributed by atoms with Crippen LogP contribution >= 0.6 is 11.6 Å². The van der Waals surface area contributed by atoms with Crippen molar-refractivity contribution in [1.29, 1.82) is 0 Å². The van der Waals surface area contributed by atoms with Gasteiger partial charge in [0.25, 0.3) is 0 Å². The summed E-state index contributed by atoms with van der Waals surface area (Å²) < 4.78 is 10.2. The fourth-order valence-electron chi connectivity index (χ4n) is 1.52. The van der Waals surface area contributed by atoms with Crippen molar-refractivity contribution in [3.63, 3.8) is 0 Å². The molecule has 0 amide bonds. The Kier molecular flexibility index (Phi) is 3.36. The van der Waals surface area contributed by atoms with Gasteiger partial charge in [-0.2, -0.15) is 0 Å². The van der Waals surface area contributed by atoms with Gasteiger partial charge in [0.05, 0.1) is 24.2 Å². The number of ketones is 1. The van der Waals surface area contributed by atoms with Gasteiger partial charge in [-0.3, -0.25) is 4.79 Å². The van der Waals surface area contributed by atoms with E-state index >= 15 is 0 Å². The quantitative estimate of drug-likeness (QED) is 0.725. The van der Waals surface area contributed by atoms with Crippen LogP contribution < -0.4 is 0 Å². The lowest BCUT2D eigenvalue weighted by Gasteiger charge is -2.21. The van der Waals surface area contributed by atoms with E-state index in [4.69, 9.17) is 21.1 Å². The number of carbonyl (C=O) groups excluding carboxylic acids is 1. The van der Waals surface area contributed by atoms with Crippen LogP contribution in [0, 0.1) is 5.92 Å². The minimum absolute atomic E-state index is 0.0136. The number of benzene rings is 1. The van der Waals surface area contributed by atoms with Crippen molar-refractivity contribution < 1.29 is 14.3 Å². The van der Waals surface area contributed by atoms with E-state index in [1.54, 1.807) is 24.3 Å². The molecule has 0 saturated carbocycles. The number of carbonyl (C=O) groups is 1. The van der Waals surface area contributed by atoms with Crippen LogP contribution in [0.1, 0.15) is 10.4 Å². The number of Topliss-reactive ketones (excluding diaryl/α,β-unsaturated/α-hetero) is 1. The average Bonchev–Trinajstić information content (AvgIpc) is 2.30. The Balaban J connectivity index is 2.16. The Hall–Kier alpha value is -0.900. The molecule has 0 atom stereocenters. The maximum absolute atomic E-state index is 12.0. The molecular formula is C11H11ClO3. The molecule has 3 nitrogen and oxygen atoms in total. The lowest BCUT2D eigenvalue weighted by atomic mass is 9.99. The van der Waals surface area contributed by atoms with Crippen LogP contribution in [-0.4, -0.2) is 25.8 Å². The minimum Gasteiger partial charge on any atom is -0.355 e. The van der Waals surface area contributed by atoms with Crippen molar-refractivity contribution >= 4 is 17.4 Å². The summed E-state index contributed by atoms with van der Waals surface area (Å²) in [6, 6.07) is 7.02. The number of ether oxygens (including phenoxy) is 2. The van der Waals surface area contributed by atoms with E-state index in [1.807, 2.05) is 0 Å². The summed E-state index contributed by atoms with van der Waals surface area (Å²) in [6.45, 7) is 1.08. The molecule has 1 fully saturated rings. The van der Waals surface area contributed by atoms with Crippen LogP contribution in [0.2, 0.25) is 5.02 Å². The second-order valence-electron chi connectivity index (χ2n) is 3.40. The Morgan fingerprint density at radius 2 is 1.93 bits per heavy atom. The predicted octanol–water partition coefficient (Wildman–Crippen LogP) is 2.14. The van der Waals surface area contributed by atoms with Gasteiger partial charge in [0, 0.05) is 5.56 Å². The van der Waals surface area contributed by atoms with Gasteiger partial charge in [-0.15, -0.1) is 0 Å². The van der Waals surface area contributed by atoms with Gasteiger partial charge >= 0.3 is 0 Å². The molecule has 1 saturated heterocycles. The molecule has 0 bridgehead atoms. The highest BCUT2D eigenvalue weighted by atomic mass is 35.5. The first-order chi connectivity index (χ1) is 7.29. The van der Waals surface area contributed by atoms with Gasteiger partial charge in [-0.05, 0) is 12.1 Å². The van der Waals surface area contributed by atoms with E-state index in [0.29, 0.717) is 23.8 Å². The molecule has 0 aromatic heterocycles. The molecule has 0 radical (unpaired) electrons. The van der Waals surface area contributed by atoms with Gasteiger partial charge in [0.15, 0.2) is 5.78 Å². The van der Waals surface area contributed by atoms with E-state index in [0.717, 1.165) is 0 Å². The SMILES string of the molecule is O=C(c1ccccc1Cl)C1COCOC1. The average molecular weight is 227 g/mol. The molecule has 2 rings (SSSR count). The molecule has 15 heavy (non-hydrogen) atoms. The van der Waals surface area contributed by atoms with E-state index in [2.05, 4.69) is 0 Å². The van der Waals surface area contributed by atoms with Gasteiger partial charge in [-0.1, -0.05) is 23.7 Å². The largest absolute Gasteiger partial charge is 0.355 e. The van der Waals surface area contributed by atoms with Crippen molar-refractivity contribution in [3.05, 3.63) is 34.9 Å². The highest BCUT2D eigenvalue weighted by Gasteiger charge is 2.24. The Labute approximate surface area is 92.9 Å². The van der Waals surface area contributed by atoms with Crippen LogP contribution in [0.5, 0.6) is 0 Å².